The third-order valence-electron chi connectivity index (χ3n) is 1.16. The smallest absolute Gasteiger partial charge is 0.171 e. The Kier molecular flexibility index (Phi) is 1.15. The van der Waals surface area contributed by atoms with Crippen LogP contribution in [0.5, 0.6) is 0 Å². The molecule has 46 valence electrons. The summed E-state index contributed by atoms with van der Waals surface area (Å²) >= 11 is 0. The van der Waals surface area contributed by atoms with Crippen molar-refractivity contribution >= 4 is 9.84 Å². The Bertz CT molecular complexity index is 211. The molecule has 0 radical (unpaired) electrons. The first-order valence-corrected chi connectivity index (χ1v) is 4.22. The third kappa shape index (κ3) is 1.10. The van der Waals surface area contributed by atoms with E-state index in [1.54, 1.807) is 0 Å². The molecule has 0 aliphatic carbocycles. The molecule has 1 rings (SSSR count). The lowest BCUT2D eigenvalue weighted by atomic mass is 10.3. The minimum atomic E-state index is -2.76. The van der Waals surface area contributed by atoms with E-state index in [9.17, 15) is 8.42 Å². The number of allylic oxidation sites excluding steroid dienone is 1. The number of sulfone groups is 1. The van der Waals surface area contributed by atoms with Crippen molar-refractivity contribution in [1.82, 2.24) is 0 Å². The Morgan fingerprint density at radius 3 is 2.38 bits per heavy atom. The normalized spacial score (nSPS) is 25.4. The molecule has 2 nitrogen and oxygen atoms in total. The first-order chi connectivity index (χ1) is 3.60. The molecule has 0 N–H and O–H groups in total. The van der Waals surface area contributed by atoms with Gasteiger partial charge in [0.25, 0.3) is 0 Å². The van der Waals surface area contributed by atoms with Crippen LogP contribution in [0, 0.1) is 0 Å². The van der Waals surface area contributed by atoms with Crippen LogP contribution in [0.25, 0.3) is 0 Å². The van der Waals surface area contributed by atoms with Crippen LogP contribution in [0.4, 0.5) is 0 Å². The molecule has 3 heteroatoms. The average Bonchev–Trinajstić information content (AvgIpc) is 1.82. The Labute approximate surface area is 49.1 Å². The standard InChI is InChI=1S/C5H8O2S/c1-5-2-3-8(6,7)4-5/h4H,2-3H2,1H3. The zero-order chi connectivity index (χ0) is 6.20. The van der Waals surface area contributed by atoms with E-state index in [0.717, 1.165) is 12.0 Å². The van der Waals surface area contributed by atoms with Gasteiger partial charge in [-0.3, -0.25) is 0 Å². The van der Waals surface area contributed by atoms with Crippen molar-refractivity contribution < 1.29 is 8.42 Å². The molecule has 0 aromatic rings. The zero-order valence-electron chi connectivity index (χ0n) is 4.72. The summed E-state index contributed by atoms with van der Waals surface area (Å²) in [6.45, 7) is 1.84. The largest absolute Gasteiger partial charge is 0.224 e. The third-order valence-corrected chi connectivity index (χ3v) is 2.70. The van der Waals surface area contributed by atoms with E-state index in [0.29, 0.717) is 5.75 Å². The molecule has 0 atom stereocenters. The first kappa shape index (κ1) is 5.82. The minimum Gasteiger partial charge on any atom is -0.224 e. The molecule has 1 aliphatic heterocycles. The van der Waals surface area contributed by atoms with Crippen LogP contribution in [0.2, 0.25) is 0 Å². The van der Waals surface area contributed by atoms with E-state index in [1.807, 2.05) is 6.92 Å². The quantitative estimate of drug-likeness (QED) is 0.486. The molecule has 0 aromatic heterocycles. The fraction of sp³-hybridized carbons (Fsp3) is 0.600. The van der Waals surface area contributed by atoms with Crippen LogP contribution in [0.1, 0.15) is 13.3 Å². The van der Waals surface area contributed by atoms with Crippen molar-refractivity contribution in [3.8, 4) is 0 Å². The second-order valence-corrected chi connectivity index (χ2v) is 4.05. The molecule has 0 amide bonds. The second kappa shape index (κ2) is 1.58. The highest BCUT2D eigenvalue weighted by atomic mass is 32.2. The number of hydrogen-bond acceptors (Lipinski definition) is 2. The molecule has 0 spiro atoms. The monoisotopic (exact) mass is 132 g/mol. The summed E-state index contributed by atoms with van der Waals surface area (Å²) < 4.78 is 21.1. The zero-order valence-corrected chi connectivity index (χ0v) is 5.53. The molecular weight excluding hydrogens is 124 g/mol. The van der Waals surface area contributed by atoms with Crippen molar-refractivity contribution in [3.63, 3.8) is 0 Å². The maximum Gasteiger partial charge on any atom is 0.171 e. The Balaban J connectivity index is 3.00. The van der Waals surface area contributed by atoms with Crippen LogP contribution in [0.3, 0.4) is 0 Å². The Morgan fingerprint density at radius 2 is 2.25 bits per heavy atom. The van der Waals surface area contributed by atoms with E-state index >= 15 is 0 Å². The summed E-state index contributed by atoms with van der Waals surface area (Å²) in [6.07, 6.45) is 0.725. The van der Waals surface area contributed by atoms with Crippen LogP contribution in [0.15, 0.2) is 11.0 Å². The molecule has 0 bridgehead atoms. The number of hydrogen-bond donors (Lipinski definition) is 0. The van der Waals surface area contributed by atoms with E-state index in [-0.39, 0.29) is 0 Å². The lowest BCUT2D eigenvalue weighted by Gasteiger charge is -1.80. The summed E-state index contributed by atoms with van der Waals surface area (Å²) in [7, 11) is -2.76. The highest BCUT2D eigenvalue weighted by molar-refractivity contribution is 7.94. The van der Waals surface area contributed by atoms with Gasteiger partial charge >= 0.3 is 0 Å². The predicted molar refractivity (Wildman–Crippen MR) is 32.2 cm³/mol. The van der Waals surface area contributed by atoms with Gasteiger partial charge in [-0.05, 0) is 13.3 Å². The maximum absolute atomic E-state index is 10.6. The summed E-state index contributed by atoms with van der Waals surface area (Å²) in [5.74, 6) is 0.318. The van der Waals surface area contributed by atoms with E-state index < -0.39 is 9.84 Å². The van der Waals surface area contributed by atoms with Crippen LogP contribution in [-0.2, 0) is 9.84 Å². The van der Waals surface area contributed by atoms with Gasteiger partial charge in [-0.15, -0.1) is 0 Å². The number of rotatable bonds is 0. The van der Waals surface area contributed by atoms with E-state index in [1.165, 1.54) is 5.41 Å². The van der Waals surface area contributed by atoms with Gasteiger partial charge in [0.15, 0.2) is 9.84 Å². The van der Waals surface area contributed by atoms with Crippen molar-refractivity contribution in [2.75, 3.05) is 5.75 Å². The highest BCUT2D eigenvalue weighted by Crippen LogP contribution is 2.14. The van der Waals surface area contributed by atoms with Gasteiger partial charge in [-0.25, -0.2) is 8.42 Å². The van der Waals surface area contributed by atoms with E-state index in [4.69, 9.17) is 0 Å². The minimum absolute atomic E-state index is 0.318. The van der Waals surface area contributed by atoms with Gasteiger partial charge in [0.05, 0.1) is 5.75 Å². The second-order valence-electron chi connectivity index (χ2n) is 2.08. The molecule has 0 aromatic carbocycles. The van der Waals surface area contributed by atoms with Gasteiger partial charge in [0, 0.05) is 5.41 Å². The lowest BCUT2D eigenvalue weighted by molar-refractivity contribution is 0.606. The molecule has 8 heavy (non-hydrogen) atoms. The average molecular weight is 132 g/mol. The van der Waals surface area contributed by atoms with Crippen LogP contribution >= 0.6 is 0 Å². The van der Waals surface area contributed by atoms with Crippen LogP contribution in [-0.4, -0.2) is 14.2 Å². The summed E-state index contributed by atoms with van der Waals surface area (Å²) in [4.78, 5) is 0. The molecule has 0 saturated heterocycles. The summed E-state index contributed by atoms with van der Waals surface area (Å²) in [6, 6.07) is 0. The fourth-order valence-electron chi connectivity index (χ4n) is 0.728. The predicted octanol–water partition coefficient (Wildman–Crippen LogP) is 0.709. The lowest BCUT2D eigenvalue weighted by Crippen LogP contribution is -1.92. The molecular formula is C5H8O2S. The Hall–Kier alpha value is -0.310. The molecule has 0 saturated carbocycles. The van der Waals surface area contributed by atoms with Gasteiger partial charge in [-0.2, -0.15) is 0 Å². The topological polar surface area (TPSA) is 34.1 Å². The van der Waals surface area contributed by atoms with Crippen LogP contribution < -0.4 is 0 Å². The summed E-state index contributed by atoms with van der Waals surface area (Å²) in [5.41, 5.74) is 0.977. The van der Waals surface area contributed by atoms with Crippen molar-refractivity contribution in [2.24, 2.45) is 0 Å². The highest BCUT2D eigenvalue weighted by Gasteiger charge is 2.14. The molecule has 0 fully saturated rings. The van der Waals surface area contributed by atoms with Crippen molar-refractivity contribution in [2.45, 2.75) is 13.3 Å². The maximum atomic E-state index is 10.6. The van der Waals surface area contributed by atoms with Gasteiger partial charge in [-0.1, -0.05) is 5.57 Å². The van der Waals surface area contributed by atoms with E-state index in [2.05, 4.69) is 0 Å². The van der Waals surface area contributed by atoms with Gasteiger partial charge in [0.1, 0.15) is 0 Å². The SMILES string of the molecule is CC1=CS(=O)(=O)CC1. The summed E-state index contributed by atoms with van der Waals surface area (Å²) in [5, 5.41) is 1.35. The van der Waals surface area contributed by atoms with Crippen molar-refractivity contribution in [3.05, 3.63) is 11.0 Å². The first-order valence-electron chi connectivity index (χ1n) is 2.50. The van der Waals surface area contributed by atoms with Gasteiger partial charge in [0.2, 0.25) is 0 Å². The fourth-order valence-corrected chi connectivity index (χ4v) is 2.18. The van der Waals surface area contributed by atoms with Gasteiger partial charge < -0.3 is 0 Å². The molecule has 0 unspecified atom stereocenters. The van der Waals surface area contributed by atoms with Crippen molar-refractivity contribution in [1.29, 1.82) is 0 Å². The Morgan fingerprint density at radius 1 is 1.62 bits per heavy atom. The molecule has 1 aliphatic rings. The molecule has 1 heterocycles.